The molecule has 2 heterocycles. The maximum Gasteiger partial charge on any atom is 0.226 e. The zero-order valence-electron chi connectivity index (χ0n) is 10.5. The molecule has 0 atom stereocenters. The minimum atomic E-state index is -0.0358. The molecule has 3 N–H and O–H groups in total. The summed E-state index contributed by atoms with van der Waals surface area (Å²) in [5.41, 5.74) is 8.00. The summed E-state index contributed by atoms with van der Waals surface area (Å²) in [4.78, 5) is 19.7. The fourth-order valence-electron chi connectivity index (χ4n) is 1.66. The van der Waals surface area contributed by atoms with Gasteiger partial charge in [0.15, 0.2) is 0 Å². The highest BCUT2D eigenvalue weighted by Gasteiger charge is 2.03. The molecule has 0 aromatic carbocycles. The molecule has 0 spiro atoms. The summed E-state index contributed by atoms with van der Waals surface area (Å²) >= 11 is 0. The van der Waals surface area contributed by atoms with Gasteiger partial charge in [-0.1, -0.05) is 0 Å². The Hall–Kier alpha value is -2.43. The number of nitrogen functional groups attached to an aromatic ring is 1. The zero-order chi connectivity index (χ0) is 13.5. The van der Waals surface area contributed by atoms with Gasteiger partial charge in [0.1, 0.15) is 0 Å². The molecule has 2 aromatic heterocycles. The van der Waals surface area contributed by atoms with Crippen LogP contribution in [0.1, 0.15) is 11.3 Å². The molecular formula is C14H16N4O. The van der Waals surface area contributed by atoms with Crippen molar-refractivity contribution in [2.24, 2.45) is 0 Å². The summed E-state index contributed by atoms with van der Waals surface area (Å²) in [5, 5.41) is 2.86. The van der Waals surface area contributed by atoms with Gasteiger partial charge in [-0.2, -0.15) is 0 Å². The fraction of sp³-hybridized carbons (Fsp3) is 0.214. The molecule has 5 nitrogen and oxygen atoms in total. The van der Waals surface area contributed by atoms with Gasteiger partial charge < -0.3 is 11.1 Å². The van der Waals surface area contributed by atoms with E-state index in [4.69, 9.17) is 5.73 Å². The standard InChI is InChI=1S/C14H16N4O/c15-12-1-2-13(18-10-12)9-14(19)17-8-5-11-3-6-16-7-4-11/h1-4,6-7,10H,5,8-9,15H2,(H,17,19). The Bertz CT molecular complexity index is 525. The van der Waals surface area contributed by atoms with Gasteiger partial charge in [-0.15, -0.1) is 0 Å². The van der Waals surface area contributed by atoms with Gasteiger partial charge in [0, 0.05) is 24.6 Å². The Morgan fingerprint density at radius 3 is 2.68 bits per heavy atom. The molecule has 98 valence electrons. The van der Waals surface area contributed by atoms with Crippen LogP contribution in [0.4, 0.5) is 5.69 Å². The minimum Gasteiger partial charge on any atom is -0.397 e. The van der Waals surface area contributed by atoms with Crippen molar-refractivity contribution in [3.05, 3.63) is 54.1 Å². The number of hydrogen-bond donors (Lipinski definition) is 2. The first-order valence-electron chi connectivity index (χ1n) is 6.10. The van der Waals surface area contributed by atoms with Crippen molar-refractivity contribution in [2.75, 3.05) is 12.3 Å². The van der Waals surface area contributed by atoms with Crippen LogP contribution < -0.4 is 11.1 Å². The van der Waals surface area contributed by atoms with Crippen molar-refractivity contribution in [2.45, 2.75) is 12.8 Å². The van der Waals surface area contributed by atoms with Crippen LogP contribution in [-0.4, -0.2) is 22.4 Å². The number of nitrogens with two attached hydrogens (primary N) is 1. The van der Waals surface area contributed by atoms with E-state index in [1.165, 1.54) is 0 Å². The predicted octanol–water partition coefficient (Wildman–Crippen LogP) is 0.960. The molecule has 2 aromatic rings. The van der Waals surface area contributed by atoms with Gasteiger partial charge in [0.25, 0.3) is 0 Å². The number of carbonyl (C=O) groups excluding carboxylic acids is 1. The third kappa shape index (κ3) is 4.39. The van der Waals surface area contributed by atoms with Crippen LogP contribution in [0.2, 0.25) is 0 Å². The highest BCUT2D eigenvalue weighted by molar-refractivity contribution is 5.78. The van der Waals surface area contributed by atoms with E-state index in [0.29, 0.717) is 12.2 Å². The molecule has 2 rings (SSSR count). The van der Waals surface area contributed by atoms with Gasteiger partial charge in [-0.05, 0) is 36.2 Å². The Morgan fingerprint density at radius 1 is 1.21 bits per heavy atom. The average molecular weight is 256 g/mol. The third-order valence-electron chi connectivity index (χ3n) is 2.67. The van der Waals surface area contributed by atoms with E-state index in [1.54, 1.807) is 30.7 Å². The largest absolute Gasteiger partial charge is 0.397 e. The van der Waals surface area contributed by atoms with Crippen molar-refractivity contribution in [3.8, 4) is 0 Å². The van der Waals surface area contributed by atoms with Crippen LogP contribution in [0.25, 0.3) is 0 Å². The second-order valence-electron chi connectivity index (χ2n) is 4.22. The molecule has 19 heavy (non-hydrogen) atoms. The smallest absolute Gasteiger partial charge is 0.226 e. The lowest BCUT2D eigenvalue weighted by Crippen LogP contribution is -2.27. The molecule has 0 saturated heterocycles. The minimum absolute atomic E-state index is 0.0358. The summed E-state index contributed by atoms with van der Waals surface area (Å²) in [6.07, 6.45) is 6.12. The third-order valence-corrected chi connectivity index (χ3v) is 2.67. The number of anilines is 1. The van der Waals surface area contributed by atoms with Crippen molar-refractivity contribution < 1.29 is 4.79 Å². The quantitative estimate of drug-likeness (QED) is 0.835. The van der Waals surface area contributed by atoms with Crippen LogP contribution in [0, 0.1) is 0 Å². The van der Waals surface area contributed by atoms with E-state index in [9.17, 15) is 4.79 Å². The summed E-state index contributed by atoms with van der Waals surface area (Å²) < 4.78 is 0. The van der Waals surface area contributed by atoms with Crippen molar-refractivity contribution in [3.63, 3.8) is 0 Å². The maximum atomic E-state index is 11.7. The summed E-state index contributed by atoms with van der Waals surface area (Å²) in [7, 11) is 0. The number of nitrogens with one attached hydrogen (secondary N) is 1. The van der Waals surface area contributed by atoms with Crippen LogP contribution >= 0.6 is 0 Å². The second kappa shape index (κ2) is 6.49. The first-order chi connectivity index (χ1) is 9.24. The summed E-state index contributed by atoms with van der Waals surface area (Å²) in [6, 6.07) is 7.38. The molecule has 0 aliphatic carbocycles. The monoisotopic (exact) mass is 256 g/mol. The lowest BCUT2D eigenvalue weighted by atomic mass is 10.2. The highest BCUT2D eigenvalue weighted by atomic mass is 16.1. The number of carbonyl (C=O) groups is 1. The Morgan fingerprint density at radius 2 is 2.00 bits per heavy atom. The average Bonchev–Trinajstić information content (AvgIpc) is 2.43. The molecule has 0 fully saturated rings. The van der Waals surface area contributed by atoms with Gasteiger partial charge in [0.2, 0.25) is 5.91 Å². The maximum absolute atomic E-state index is 11.7. The van der Waals surface area contributed by atoms with E-state index in [1.807, 2.05) is 12.1 Å². The van der Waals surface area contributed by atoms with E-state index in [2.05, 4.69) is 15.3 Å². The lowest BCUT2D eigenvalue weighted by Gasteiger charge is -2.05. The first-order valence-corrected chi connectivity index (χ1v) is 6.10. The van der Waals surface area contributed by atoms with Gasteiger partial charge in [0.05, 0.1) is 18.3 Å². The van der Waals surface area contributed by atoms with Crippen molar-refractivity contribution in [1.82, 2.24) is 15.3 Å². The predicted molar refractivity (Wildman–Crippen MR) is 73.3 cm³/mol. The number of rotatable bonds is 5. The summed E-state index contributed by atoms with van der Waals surface area (Å²) in [6.45, 7) is 0.609. The lowest BCUT2D eigenvalue weighted by molar-refractivity contribution is -0.120. The number of nitrogens with zero attached hydrogens (tertiary/aromatic N) is 2. The number of amides is 1. The van der Waals surface area contributed by atoms with E-state index in [-0.39, 0.29) is 12.3 Å². The van der Waals surface area contributed by atoms with Crippen molar-refractivity contribution >= 4 is 11.6 Å². The molecule has 0 aliphatic rings. The molecule has 5 heteroatoms. The van der Waals surface area contributed by atoms with Crippen LogP contribution in [0.15, 0.2) is 42.9 Å². The SMILES string of the molecule is Nc1ccc(CC(=O)NCCc2ccncc2)nc1. The van der Waals surface area contributed by atoms with Crippen LogP contribution in [0.5, 0.6) is 0 Å². The van der Waals surface area contributed by atoms with E-state index >= 15 is 0 Å². The molecule has 0 saturated carbocycles. The fourth-order valence-corrected chi connectivity index (χ4v) is 1.66. The Balaban J connectivity index is 1.74. The Kier molecular flexibility index (Phi) is 4.44. The molecular weight excluding hydrogens is 240 g/mol. The van der Waals surface area contributed by atoms with Crippen LogP contribution in [0.3, 0.4) is 0 Å². The normalized spacial score (nSPS) is 10.1. The molecule has 1 amide bonds. The number of pyridine rings is 2. The van der Waals surface area contributed by atoms with E-state index < -0.39 is 0 Å². The van der Waals surface area contributed by atoms with Crippen LogP contribution in [-0.2, 0) is 17.6 Å². The van der Waals surface area contributed by atoms with Gasteiger partial charge >= 0.3 is 0 Å². The molecule has 0 radical (unpaired) electrons. The number of hydrogen-bond acceptors (Lipinski definition) is 4. The Labute approximate surface area is 111 Å². The molecule has 0 aliphatic heterocycles. The van der Waals surface area contributed by atoms with Crippen molar-refractivity contribution in [1.29, 1.82) is 0 Å². The van der Waals surface area contributed by atoms with E-state index in [0.717, 1.165) is 17.7 Å². The molecule has 0 bridgehead atoms. The topological polar surface area (TPSA) is 80.9 Å². The summed E-state index contributed by atoms with van der Waals surface area (Å²) in [5.74, 6) is -0.0358. The first kappa shape index (κ1) is 13.0. The molecule has 0 unspecified atom stereocenters. The number of aromatic nitrogens is 2. The van der Waals surface area contributed by atoms with Gasteiger partial charge in [-0.3, -0.25) is 14.8 Å². The van der Waals surface area contributed by atoms with Gasteiger partial charge in [-0.25, -0.2) is 0 Å². The second-order valence-corrected chi connectivity index (χ2v) is 4.22. The highest BCUT2D eigenvalue weighted by Crippen LogP contribution is 2.02. The zero-order valence-corrected chi connectivity index (χ0v) is 10.5.